The normalized spacial score (nSPS) is 7.71. The molecule has 76 valence electrons. The summed E-state index contributed by atoms with van der Waals surface area (Å²) in [5, 5.41) is 0. The second kappa shape index (κ2) is 11.1. The van der Waals surface area contributed by atoms with Crippen molar-refractivity contribution >= 4 is 32.8 Å². The van der Waals surface area contributed by atoms with Crippen molar-refractivity contribution in [3.63, 3.8) is 0 Å². The van der Waals surface area contributed by atoms with Crippen LogP contribution in [0.4, 0.5) is 0 Å². The van der Waals surface area contributed by atoms with E-state index in [1.807, 2.05) is 6.08 Å². The molecular formula is C11H18ClMgN. The maximum atomic E-state index is 3.73. The zero-order valence-electron chi connectivity index (χ0n) is 8.61. The van der Waals surface area contributed by atoms with Gasteiger partial charge in [0.25, 0.3) is 0 Å². The van der Waals surface area contributed by atoms with Crippen molar-refractivity contribution in [1.29, 1.82) is 0 Å². The monoisotopic (exact) mass is 223 g/mol. The van der Waals surface area contributed by atoms with Crippen LogP contribution >= 0.6 is 12.4 Å². The zero-order chi connectivity index (χ0) is 8.65. The number of allylic oxidation sites excluding steroid dienone is 1. The molecule has 0 unspecified atom stereocenters. The fourth-order valence-electron chi connectivity index (χ4n) is 1.26. The molecule has 3 heteroatoms. The summed E-state index contributed by atoms with van der Waals surface area (Å²) in [6.07, 6.45) is 3.23. The van der Waals surface area contributed by atoms with Crippen LogP contribution in [0.2, 0.25) is 4.55 Å². The molecule has 0 spiro atoms. The summed E-state index contributed by atoms with van der Waals surface area (Å²) in [6.45, 7) is 3.73. The molecule has 14 heavy (non-hydrogen) atoms. The molecule has 0 atom stereocenters. The maximum Gasteiger partial charge on any atom is 0.371 e. The van der Waals surface area contributed by atoms with Crippen molar-refractivity contribution in [3.8, 4) is 0 Å². The average Bonchev–Trinajstić information content (AvgIpc) is 2.14. The Bertz CT molecular complexity index is 226. The molecule has 0 amide bonds. The van der Waals surface area contributed by atoms with Gasteiger partial charge in [0.15, 0.2) is 0 Å². The van der Waals surface area contributed by atoms with Gasteiger partial charge in [-0.2, -0.15) is 0 Å². The van der Waals surface area contributed by atoms with Crippen LogP contribution in [0.25, 0.3) is 0 Å². The molecule has 3 N–H and O–H groups in total. The number of hydrogen-bond acceptors (Lipinski definition) is 1. The average molecular weight is 224 g/mol. The molecule has 0 heterocycles. The Labute approximate surface area is 103 Å². The first-order chi connectivity index (χ1) is 5.93. The standard InChI is InChI=1S/C7H7.C4H7.ClH.Mg.H3N/c1-7-5-3-2-4-6-7;1-3-4-2;;;/h2-6H,1H2;3H,1-2,4H2;1H;;1H3. The van der Waals surface area contributed by atoms with Crippen molar-refractivity contribution in [1.82, 2.24) is 6.15 Å². The molecule has 0 bridgehead atoms. The Kier molecular flexibility index (Phi) is 13.0. The summed E-state index contributed by atoms with van der Waals surface area (Å²) in [7, 11) is 0. The van der Waals surface area contributed by atoms with E-state index in [0.717, 1.165) is 0 Å². The highest BCUT2D eigenvalue weighted by atomic mass is 35.5. The summed E-state index contributed by atoms with van der Waals surface area (Å²) < 4.78 is 2.74. The Morgan fingerprint density at radius 2 is 1.86 bits per heavy atom. The van der Waals surface area contributed by atoms with Gasteiger partial charge in [0.1, 0.15) is 0 Å². The molecule has 1 aromatic carbocycles. The lowest BCUT2D eigenvalue weighted by Gasteiger charge is -1.96. The van der Waals surface area contributed by atoms with E-state index < -0.39 is 0 Å². The Morgan fingerprint density at radius 3 is 2.43 bits per heavy atom. The number of benzene rings is 1. The molecule has 0 aliphatic heterocycles. The van der Waals surface area contributed by atoms with Gasteiger partial charge in [-0.3, -0.25) is 0 Å². The lowest BCUT2D eigenvalue weighted by molar-refractivity contribution is 1.18. The van der Waals surface area contributed by atoms with E-state index >= 15 is 0 Å². The molecule has 1 rings (SSSR count). The van der Waals surface area contributed by atoms with Gasteiger partial charge < -0.3 is 6.15 Å². The molecule has 0 saturated carbocycles. The topological polar surface area (TPSA) is 35.0 Å². The maximum absolute atomic E-state index is 3.73. The summed E-state index contributed by atoms with van der Waals surface area (Å²) in [6, 6.07) is 10.8. The third-order valence-electron chi connectivity index (χ3n) is 1.97. The van der Waals surface area contributed by atoms with Crippen molar-refractivity contribution in [2.75, 3.05) is 0 Å². The fraction of sp³-hybridized carbons (Fsp3) is 0.273. The van der Waals surface area contributed by atoms with Crippen LogP contribution in [0.5, 0.6) is 0 Å². The van der Waals surface area contributed by atoms with E-state index in [9.17, 15) is 0 Å². The van der Waals surface area contributed by atoms with Gasteiger partial charge in [0.2, 0.25) is 0 Å². The highest BCUT2D eigenvalue weighted by Gasteiger charge is 1.95. The summed E-state index contributed by atoms with van der Waals surface area (Å²) in [5.74, 6) is 0. The first-order valence-corrected chi connectivity index (χ1v) is 6.58. The van der Waals surface area contributed by atoms with Crippen molar-refractivity contribution in [2.45, 2.75) is 15.5 Å². The Morgan fingerprint density at radius 1 is 1.21 bits per heavy atom. The largest absolute Gasteiger partial charge is 0.371 e. The number of halogens is 1. The SMILES string of the molecule is C=CC[CH2][Mg][CH2]c1ccccc1.Cl.N. The molecule has 1 nitrogen and oxygen atoms in total. The van der Waals surface area contributed by atoms with Gasteiger partial charge in [-0.15, -0.1) is 28.1 Å². The second-order valence-corrected chi connectivity index (χ2v) is 4.93. The van der Waals surface area contributed by atoms with Crippen LogP contribution in [-0.2, 0) is 4.55 Å². The predicted octanol–water partition coefficient (Wildman–Crippen LogP) is 3.47. The molecule has 0 aliphatic rings. The van der Waals surface area contributed by atoms with Gasteiger partial charge in [-0.1, -0.05) is 48.4 Å². The predicted molar refractivity (Wildman–Crippen MR) is 67.8 cm³/mol. The van der Waals surface area contributed by atoms with Gasteiger partial charge in [0, 0.05) is 0 Å². The van der Waals surface area contributed by atoms with Crippen molar-refractivity contribution < 1.29 is 0 Å². The third-order valence-corrected chi connectivity index (χ3v) is 3.81. The van der Waals surface area contributed by atoms with E-state index in [2.05, 4.69) is 36.9 Å². The van der Waals surface area contributed by atoms with Gasteiger partial charge in [0.05, 0.1) is 0 Å². The molecule has 1 aromatic rings. The number of rotatable bonds is 5. The summed E-state index contributed by atoms with van der Waals surface area (Å²) in [5.41, 5.74) is 1.51. The minimum Gasteiger partial charge on any atom is -0.344 e. The van der Waals surface area contributed by atoms with Crippen LogP contribution in [0.15, 0.2) is 43.0 Å². The van der Waals surface area contributed by atoms with Gasteiger partial charge in [-0.25, -0.2) is 0 Å². The zero-order valence-corrected chi connectivity index (χ0v) is 10.8. The Balaban J connectivity index is 0. The van der Waals surface area contributed by atoms with E-state index in [1.54, 1.807) is 0 Å². The lowest BCUT2D eigenvalue weighted by atomic mass is 10.2. The van der Waals surface area contributed by atoms with E-state index in [0.29, 0.717) is 0 Å². The fourth-order valence-corrected chi connectivity index (χ4v) is 2.83. The molecule has 0 aromatic heterocycles. The minimum absolute atomic E-state index is 0. The lowest BCUT2D eigenvalue weighted by Crippen LogP contribution is -1.94. The molecule has 0 aliphatic carbocycles. The van der Waals surface area contributed by atoms with E-state index in [-0.39, 0.29) is 38.9 Å². The van der Waals surface area contributed by atoms with Gasteiger partial charge in [-0.05, 0) is 0 Å². The molecular weight excluding hydrogens is 206 g/mol. The van der Waals surface area contributed by atoms with Crippen LogP contribution < -0.4 is 6.15 Å². The highest BCUT2D eigenvalue weighted by molar-refractivity contribution is 6.34. The Hall–Kier alpha value is -0.0238. The first kappa shape index (κ1) is 16.4. The van der Waals surface area contributed by atoms with Crippen molar-refractivity contribution in [2.24, 2.45) is 0 Å². The summed E-state index contributed by atoms with van der Waals surface area (Å²) in [4.78, 5) is 0. The summed E-state index contributed by atoms with van der Waals surface area (Å²) >= 11 is 0.131. The highest BCUT2D eigenvalue weighted by Crippen LogP contribution is 2.00. The second-order valence-electron chi connectivity index (χ2n) is 3.02. The van der Waals surface area contributed by atoms with Crippen molar-refractivity contribution in [3.05, 3.63) is 48.6 Å². The smallest absolute Gasteiger partial charge is 0.344 e. The van der Waals surface area contributed by atoms with E-state index in [1.165, 1.54) is 21.1 Å². The van der Waals surface area contributed by atoms with Crippen LogP contribution in [-0.4, -0.2) is 20.4 Å². The quantitative estimate of drug-likeness (QED) is 0.463. The van der Waals surface area contributed by atoms with Crippen LogP contribution in [0.3, 0.4) is 0 Å². The van der Waals surface area contributed by atoms with E-state index in [4.69, 9.17) is 0 Å². The number of hydrogen-bond donors (Lipinski definition) is 1. The molecule has 0 radical (unpaired) electrons. The third kappa shape index (κ3) is 7.39. The first-order valence-electron chi connectivity index (χ1n) is 4.58. The van der Waals surface area contributed by atoms with Gasteiger partial charge >= 0.3 is 20.4 Å². The van der Waals surface area contributed by atoms with Crippen LogP contribution in [0.1, 0.15) is 12.0 Å². The molecule has 0 fully saturated rings. The molecule has 0 saturated heterocycles. The van der Waals surface area contributed by atoms with Crippen LogP contribution in [0, 0.1) is 0 Å². The minimum atomic E-state index is 0.